The Morgan fingerprint density at radius 2 is 1.62 bits per heavy atom. The first kappa shape index (κ1) is 36.1. The fourth-order valence-corrected chi connectivity index (χ4v) is 9.20. The molecule has 4 heterocycles. The molecule has 0 unspecified atom stereocenters. The first-order chi connectivity index (χ1) is 26.3. The zero-order chi connectivity index (χ0) is 39.1. The summed E-state index contributed by atoms with van der Waals surface area (Å²) in [6, 6.07) is 14.4. The fraction of sp³-hybridized carbons (Fsp3) is 0.333. The zero-order valence-electron chi connectivity index (χ0n) is 30.6. The number of para-hydroxylation sites is 1. The summed E-state index contributed by atoms with van der Waals surface area (Å²) >= 11 is 3.51. The van der Waals surface area contributed by atoms with Gasteiger partial charge in [0.05, 0.1) is 62.0 Å². The lowest BCUT2D eigenvalue weighted by Crippen LogP contribution is -2.49. The average Bonchev–Trinajstić information content (AvgIpc) is 3.55. The van der Waals surface area contributed by atoms with Gasteiger partial charge in [-0.2, -0.15) is 0 Å². The van der Waals surface area contributed by atoms with Crippen LogP contribution >= 0.6 is 15.9 Å². The van der Waals surface area contributed by atoms with Crippen LogP contribution in [-0.4, -0.2) is 61.7 Å². The molecular formula is C39H37BrN6O9. The summed E-state index contributed by atoms with van der Waals surface area (Å²) in [5, 5.41) is 11.6. The number of fused-ring (bicyclic) bond motifs is 5. The number of amides is 2. The van der Waals surface area contributed by atoms with E-state index in [4.69, 9.17) is 14.2 Å². The van der Waals surface area contributed by atoms with Gasteiger partial charge in [-0.1, -0.05) is 40.2 Å². The molecule has 1 aliphatic carbocycles. The van der Waals surface area contributed by atoms with Crippen molar-refractivity contribution in [1.29, 1.82) is 0 Å². The number of aryl methyl sites for hydroxylation is 2. The number of aromatic hydroxyl groups is 1. The van der Waals surface area contributed by atoms with Gasteiger partial charge in [-0.05, 0) is 43.2 Å². The summed E-state index contributed by atoms with van der Waals surface area (Å²) < 4.78 is 22.0. The first-order valence-corrected chi connectivity index (χ1v) is 18.4. The molecule has 4 atom stereocenters. The molecule has 55 heavy (non-hydrogen) atoms. The number of phenolic OH excluding ortho intramolecular Hbond substituents is 1. The predicted octanol–water partition coefficient (Wildman–Crippen LogP) is 3.66. The topological polar surface area (TPSA) is 169 Å². The minimum absolute atomic E-state index is 0.0157. The molecule has 8 rings (SSSR count). The number of ether oxygens (including phenoxy) is 3. The van der Waals surface area contributed by atoms with Gasteiger partial charge in [-0.25, -0.2) is 33.4 Å². The lowest BCUT2D eigenvalue weighted by Gasteiger charge is -2.47. The van der Waals surface area contributed by atoms with Gasteiger partial charge in [-0.15, -0.1) is 0 Å². The molecule has 3 aliphatic rings. The molecular weight excluding hydrogens is 776 g/mol. The molecule has 3 aromatic carbocycles. The number of benzene rings is 3. The molecule has 2 aliphatic heterocycles. The third kappa shape index (κ3) is 5.21. The number of aromatic nitrogens is 5. The van der Waals surface area contributed by atoms with Crippen LogP contribution in [0.25, 0.3) is 11.0 Å². The van der Waals surface area contributed by atoms with Crippen LogP contribution in [0.15, 0.2) is 85.1 Å². The van der Waals surface area contributed by atoms with Gasteiger partial charge in [0, 0.05) is 48.1 Å². The maximum Gasteiger partial charge on any atom is 0.347 e. The van der Waals surface area contributed by atoms with Crippen molar-refractivity contribution in [3.63, 3.8) is 0 Å². The van der Waals surface area contributed by atoms with Gasteiger partial charge < -0.3 is 23.9 Å². The number of hydrogen-bond acceptors (Lipinski definition) is 10. The van der Waals surface area contributed by atoms with E-state index >= 15 is 0 Å². The van der Waals surface area contributed by atoms with Gasteiger partial charge in [0.2, 0.25) is 11.8 Å². The molecule has 284 valence electrons. The molecule has 1 saturated carbocycles. The Kier molecular flexibility index (Phi) is 8.63. The normalized spacial score (nSPS) is 21.6. The molecule has 2 fully saturated rings. The maximum absolute atomic E-state index is 14.7. The van der Waals surface area contributed by atoms with Crippen LogP contribution in [0.3, 0.4) is 0 Å². The molecule has 5 aromatic rings. The molecule has 2 amide bonds. The number of imide groups is 1. The number of anilines is 1. The number of carbonyl (C=O) groups excluding carboxylic acids is 2. The average molecular weight is 814 g/mol. The van der Waals surface area contributed by atoms with Crippen molar-refractivity contribution >= 4 is 44.5 Å². The Labute approximate surface area is 321 Å². The highest BCUT2D eigenvalue weighted by atomic mass is 79.9. The highest BCUT2D eigenvalue weighted by molar-refractivity contribution is 9.10. The number of allylic oxidation sites excluding steroid dienone is 2. The summed E-state index contributed by atoms with van der Waals surface area (Å²) in [5.74, 6) is -1.90. The number of nitrogens with zero attached hydrogens (tertiary/aromatic N) is 6. The Hall–Kier alpha value is -5.90. The molecule has 0 bridgehead atoms. The molecule has 1 saturated heterocycles. The summed E-state index contributed by atoms with van der Waals surface area (Å²) in [5.41, 5.74) is -0.542. The summed E-state index contributed by atoms with van der Waals surface area (Å²) in [7, 11) is 6.01. The van der Waals surface area contributed by atoms with Gasteiger partial charge in [-0.3, -0.25) is 14.4 Å². The van der Waals surface area contributed by atoms with E-state index in [1.54, 1.807) is 74.6 Å². The van der Waals surface area contributed by atoms with Crippen molar-refractivity contribution < 1.29 is 28.9 Å². The summed E-state index contributed by atoms with van der Waals surface area (Å²) in [4.78, 5) is 76.7. The summed E-state index contributed by atoms with van der Waals surface area (Å²) in [6.45, 7) is 1.56. The Morgan fingerprint density at radius 3 is 2.31 bits per heavy atom. The van der Waals surface area contributed by atoms with Crippen LogP contribution in [-0.2, 0) is 36.1 Å². The molecule has 0 spiro atoms. The van der Waals surface area contributed by atoms with E-state index in [2.05, 4.69) is 20.9 Å². The summed E-state index contributed by atoms with van der Waals surface area (Å²) in [6.07, 6.45) is 1.81. The van der Waals surface area contributed by atoms with Gasteiger partial charge in [0.15, 0.2) is 23.0 Å². The zero-order valence-corrected chi connectivity index (χ0v) is 32.2. The first-order valence-electron chi connectivity index (χ1n) is 17.6. The van der Waals surface area contributed by atoms with Gasteiger partial charge in [0.1, 0.15) is 5.69 Å². The van der Waals surface area contributed by atoms with Crippen LogP contribution in [0.4, 0.5) is 5.69 Å². The number of carbonyl (C=O) groups is 2. The molecule has 16 heteroatoms. The van der Waals surface area contributed by atoms with E-state index in [0.29, 0.717) is 43.8 Å². The lowest BCUT2D eigenvalue weighted by molar-refractivity contribution is -0.129. The highest BCUT2D eigenvalue weighted by Crippen LogP contribution is 2.63. The van der Waals surface area contributed by atoms with E-state index in [1.807, 2.05) is 0 Å². The number of hydrogen-bond donors (Lipinski definition) is 1. The number of halogens is 1. The Bertz CT molecular complexity index is 2660. The van der Waals surface area contributed by atoms with Gasteiger partial charge in [0.25, 0.3) is 5.56 Å². The molecule has 2 aromatic heterocycles. The molecule has 15 nitrogen and oxygen atoms in total. The Balaban J connectivity index is 1.23. The van der Waals surface area contributed by atoms with Crippen molar-refractivity contribution in [2.45, 2.75) is 44.8 Å². The maximum atomic E-state index is 14.7. The quantitative estimate of drug-likeness (QED) is 0.180. The van der Waals surface area contributed by atoms with Crippen LogP contribution < -0.4 is 36.0 Å². The second kappa shape index (κ2) is 13.1. The molecule has 0 radical (unpaired) electrons. The van der Waals surface area contributed by atoms with E-state index < -0.39 is 52.0 Å². The van der Waals surface area contributed by atoms with Crippen LogP contribution in [0, 0.1) is 11.3 Å². The lowest BCUT2D eigenvalue weighted by atomic mass is 9.56. The second-order valence-electron chi connectivity index (χ2n) is 14.1. The SMILES string of the molecule is COc1cc2nc(CCn3c(=O)n4n(c3=O)[C@@H]3C[C@H]5C(=O)N(c6ccccc6)C(=O)[C@@]5(C)[C@@H](c5cc(Br)cc(OC)c5O)C3=CC4)c(=O)n(C)c2cc1OC. The van der Waals surface area contributed by atoms with E-state index in [1.165, 1.54) is 40.2 Å². The minimum Gasteiger partial charge on any atom is -0.504 e. The fourth-order valence-electron chi connectivity index (χ4n) is 8.74. The Morgan fingerprint density at radius 1 is 0.927 bits per heavy atom. The molecule has 1 N–H and O–H groups in total. The van der Waals surface area contributed by atoms with E-state index in [0.717, 1.165) is 4.57 Å². The van der Waals surface area contributed by atoms with Crippen LogP contribution in [0.5, 0.6) is 23.0 Å². The minimum atomic E-state index is -1.39. The number of phenols is 1. The number of methoxy groups -OCH3 is 3. The highest BCUT2D eigenvalue weighted by Gasteiger charge is 2.66. The second-order valence-corrected chi connectivity index (χ2v) is 15.0. The van der Waals surface area contributed by atoms with E-state index in [9.17, 15) is 29.1 Å². The smallest absolute Gasteiger partial charge is 0.347 e. The largest absolute Gasteiger partial charge is 0.504 e. The van der Waals surface area contributed by atoms with Crippen LogP contribution in [0.2, 0.25) is 0 Å². The number of rotatable bonds is 8. The van der Waals surface area contributed by atoms with Crippen molar-refractivity contribution in [2.24, 2.45) is 18.4 Å². The van der Waals surface area contributed by atoms with Gasteiger partial charge >= 0.3 is 11.4 Å². The van der Waals surface area contributed by atoms with Crippen molar-refractivity contribution in [1.82, 2.24) is 23.5 Å². The van der Waals surface area contributed by atoms with Crippen LogP contribution in [0.1, 0.15) is 36.6 Å². The third-order valence-corrected chi connectivity index (χ3v) is 11.9. The predicted molar refractivity (Wildman–Crippen MR) is 204 cm³/mol. The van der Waals surface area contributed by atoms with Crippen molar-refractivity contribution in [2.75, 3.05) is 26.2 Å². The van der Waals surface area contributed by atoms with E-state index in [-0.39, 0.29) is 43.1 Å². The standard InChI is InChI=1S/C39H37BrN6O9/c1-39-24(34(48)45(36(39)50)21-9-7-6-8-10-21)17-27-22(32(39)23-15-20(40)16-31(55-5)33(23)47)11-14-44-37(51)43(38(52)46(27)44)13-12-25-35(49)42(2)28-19-30(54-4)29(53-3)18-26(28)41-25/h6-11,15-16,18-19,24,27,32,47H,12-14,17H2,1-5H3/t24-,27+,32+,39+/m0/s1. The van der Waals surface area contributed by atoms with Crippen molar-refractivity contribution in [3.05, 3.63) is 113 Å². The van der Waals surface area contributed by atoms with Crippen molar-refractivity contribution in [3.8, 4) is 23.0 Å². The monoisotopic (exact) mass is 812 g/mol. The third-order valence-electron chi connectivity index (χ3n) is 11.5.